The molecule has 0 bridgehead atoms. The van der Waals surface area contributed by atoms with E-state index in [2.05, 4.69) is 51.7 Å². The van der Waals surface area contributed by atoms with Gasteiger partial charge in [0.2, 0.25) is 5.89 Å². The van der Waals surface area contributed by atoms with Crippen molar-refractivity contribution in [1.82, 2.24) is 10.1 Å². The number of hydrogen-bond donors (Lipinski definition) is 0. The summed E-state index contributed by atoms with van der Waals surface area (Å²) in [5.41, 5.74) is 0.168. The summed E-state index contributed by atoms with van der Waals surface area (Å²) in [7, 11) is 0. The van der Waals surface area contributed by atoms with Crippen LogP contribution in [0, 0.1) is 5.41 Å². The zero-order chi connectivity index (χ0) is 11.0. The molecule has 1 aromatic rings. The van der Waals surface area contributed by atoms with Crippen LogP contribution in [0.5, 0.6) is 0 Å². The summed E-state index contributed by atoms with van der Waals surface area (Å²) >= 11 is 0. The van der Waals surface area contributed by atoms with Crippen molar-refractivity contribution in [2.45, 2.75) is 53.4 Å². The highest BCUT2D eigenvalue weighted by Crippen LogP contribution is 2.22. The van der Waals surface area contributed by atoms with Crippen molar-refractivity contribution in [1.29, 1.82) is 0 Å². The Balaban J connectivity index is 2.79. The van der Waals surface area contributed by atoms with Gasteiger partial charge in [0.25, 0.3) is 0 Å². The Kier molecular flexibility index (Phi) is 2.70. The number of hydrogen-bond acceptors (Lipinski definition) is 3. The van der Waals surface area contributed by atoms with E-state index in [1.54, 1.807) is 0 Å². The minimum absolute atomic E-state index is 0.0281. The van der Waals surface area contributed by atoms with Gasteiger partial charge in [-0.2, -0.15) is 4.98 Å². The second kappa shape index (κ2) is 3.37. The standard InChI is InChI=1S/C11H20N2O/c1-10(2,3)7-8-12-9(13-14-8)11(4,5)6/h7H2,1-6H3. The molecule has 0 saturated heterocycles. The first-order valence-electron chi connectivity index (χ1n) is 5.01. The number of nitrogens with zero attached hydrogens (tertiary/aromatic N) is 2. The van der Waals surface area contributed by atoms with Crippen molar-refractivity contribution in [3.05, 3.63) is 11.7 Å². The Morgan fingerprint density at radius 2 is 1.64 bits per heavy atom. The zero-order valence-corrected chi connectivity index (χ0v) is 10.0. The summed E-state index contributed by atoms with van der Waals surface area (Å²) in [6.07, 6.45) is 0.829. The monoisotopic (exact) mass is 196 g/mol. The molecule has 3 nitrogen and oxygen atoms in total. The fraction of sp³-hybridized carbons (Fsp3) is 0.818. The minimum atomic E-state index is -0.0281. The largest absolute Gasteiger partial charge is 0.339 e. The van der Waals surface area contributed by atoms with Crippen LogP contribution in [0.3, 0.4) is 0 Å². The Bertz CT molecular complexity index is 302. The molecule has 0 spiro atoms. The van der Waals surface area contributed by atoms with E-state index in [1.165, 1.54) is 0 Å². The molecule has 0 fully saturated rings. The minimum Gasteiger partial charge on any atom is -0.339 e. The molecule has 14 heavy (non-hydrogen) atoms. The maximum Gasteiger partial charge on any atom is 0.227 e. The van der Waals surface area contributed by atoms with Crippen LogP contribution in [-0.4, -0.2) is 10.1 Å². The zero-order valence-electron chi connectivity index (χ0n) is 10.0. The van der Waals surface area contributed by atoms with Crippen molar-refractivity contribution in [2.75, 3.05) is 0 Å². The van der Waals surface area contributed by atoms with Gasteiger partial charge in [-0.25, -0.2) is 0 Å². The van der Waals surface area contributed by atoms with Gasteiger partial charge >= 0.3 is 0 Å². The first-order valence-corrected chi connectivity index (χ1v) is 5.01. The van der Waals surface area contributed by atoms with Crippen molar-refractivity contribution in [2.24, 2.45) is 5.41 Å². The molecule has 0 unspecified atom stereocenters. The van der Waals surface area contributed by atoms with Crippen LogP contribution in [0.4, 0.5) is 0 Å². The molecule has 0 aliphatic rings. The predicted octanol–water partition coefficient (Wildman–Crippen LogP) is 2.96. The van der Waals surface area contributed by atoms with Gasteiger partial charge in [-0.05, 0) is 5.41 Å². The van der Waals surface area contributed by atoms with E-state index in [1.807, 2.05) is 0 Å². The molecule has 0 atom stereocenters. The van der Waals surface area contributed by atoms with Crippen LogP contribution in [0.25, 0.3) is 0 Å². The second-order valence-electron chi connectivity index (χ2n) is 6.00. The maximum atomic E-state index is 5.21. The molecule has 80 valence electrons. The average Bonchev–Trinajstić information content (AvgIpc) is 2.29. The molecule has 1 rings (SSSR count). The molecule has 0 N–H and O–H groups in total. The molecule has 1 heterocycles. The summed E-state index contributed by atoms with van der Waals surface area (Å²) in [6.45, 7) is 12.7. The SMILES string of the molecule is CC(C)(C)Cc1nc(C(C)(C)C)no1. The second-order valence-corrected chi connectivity index (χ2v) is 6.00. The third kappa shape index (κ3) is 3.13. The van der Waals surface area contributed by atoms with Gasteiger partial charge in [0.05, 0.1) is 0 Å². The van der Waals surface area contributed by atoms with E-state index >= 15 is 0 Å². The lowest BCUT2D eigenvalue weighted by atomic mass is 9.92. The molecular formula is C11H20N2O. The van der Waals surface area contributed by atoms with Gasteiger partial charge in [0, 0.05) is 11.8 Å². The summed E-state index contributed by atoms with van der Waals surface area (Å²) in [5.74, 6) is 1.53. The molecule has 0 radical (unpaired) electrons. The van der Waals surface area contributed by atoms with Crippen molar-refractivity contribution < 1.29 is 4.52 Å². The highest BCUT2D eigenvalue weighted by atomic mass is 16.5. The van der Waals surface area contributed by atoms with Gasteiger partial charge in [0.15, 0.2) is 5.82 Å². The Hall–Kier alpha value is -0.860. The normalized spacial score (nSPS) is 13.3. The summed E-state index contributed by atoms with van der Waals surface area (Å²) in [5, 5.41) is 3.99. The predicted molar refractivity (Wildman–Crippen MR) is 56.2 cm³/mol. The lowest BCUT2D eigenvalue weighted by Gasteiger charge is -2.14. The quantitative estimate of drug-likeness (QED) is 0.693. The van der Waals surface area contributed by atoms with E-state index in [9.17, 15) is 0 Å². The highest BCUT2D eigenvalue weighted by molar-refractivity contribution is 5.00. The number of rotatable bonds is 1. The van der Waals surface area contributed by atoms with E-state index < -0.39 is 0 Å². The van der Waals surface area contributed by atoms with Crippen molar-refractivity contribution >= 4 is 0 Å². The molecule has 0 amide bonds. The third-order valence-electron chi connectivity index (χ3n) is 1.82. The van der Waals surface area contributed by atoms with Gasteiger partial charge < -0.3 is 4.52 Å². The first kappa shape index (κ1) is 11.2. The van der Waals surface area contributed by atoms with Crippen LogP contribution in [0.1, 0.15) is 53.3 Å². The highest BCUT2D eigenvalue weighted by Gasteiger charge is 2.23. The van der Waals surface area contributed by atoms with Gasteiger partial charge in [-0.1, -0.05) is 46.7 Å². The smallest absolute Gasteiger partial charge is 0.227 e. The molecule has 0 saturated carbocycles. The van der Waals surface area contributed by atoms with Gasteiger partial charge in [-0.15, -0.1) is 0 Å². The summed E-state index contributed by atoms with van der Waals surface area (Å²) in [6, 6.07) is 0. The van der Waals surface area contributed by atoms with Crippen LogP contribution in [0.15, 0.2) is 4.52 Å². The Labute approximate surface area is 85.9 Å². The van der Waals surface area contributed by atoms with Crippen LogP contribution < -0.4 is 0 Å². The van der Waals surface area contributed by atoms with Gasteiger partial charge in [-0.3, -0.25) is 0 Å². The Morgan fingerprint density at radius 3 is 2.00 bits per heavy atom. The van der Waals surface area contributed by atoms with E-state index in [4.69, 9.17) is 4.52 Å². The molecule has 0 aromatic carbocycles. The van der Waals surface area contributed by atoms with Crippen LogP contribution in [-0.2, 0) is 11.8 Å². The topological polar surface area (TPSA) is 38.9 Å². The van der Waals surface area contributed by atoms with E-state index in [0.717, 1.165) is 18.1 Å². The molecule has 1 aromatic heterocycles. The fourth-order valence-electron chi connectivity index (χ4n) is 1.08. The van der Waals surface area contributed by atoms with Crippen LogP contribution in [0.2, 0.25) is 0 Å². The molecule has 0 aliphatic carbocycles. The van der Waals surface area contributed by atoms with E-state index in [-0.39, 0.29) is 10.8 Å². The summed E-state index contributed by atoms with van der Waals surface area (Å²) in [4.78, 5) is 4.39. The van der Waals surface area contributed by atoms with E-state index in [0.29, 0.717) is 0 Å². The molecule has 0 aliphatic heterocycles. The number of aromatic nitrogens is 2. The fourth-order valence-corrected chi connectivity index (χ4v) is 1.08. The lowest BCUT2D eigenvalue weighted by molar-refractivity contribution is 0.309. The van der Waals surface area contributed by atoms with Crippen molar-refractivity contribution in [3.8, 4) is 0 Å². The lowest BCUT2D eigenvalue weighted by Crippen LogP contribution is -2.14. The molecular weight excluding hydrogens is 176 g/mol. The maximum absolute atomic E-state index is 5.21. The first-order chi connectivity index (χ1) is 6.18. The molecule has 3 heteroatoms. The van der Waals surface area contributed by atoms with Crippen molar-refractivity contribution in [3.63, 3.8) is 0 Å². The summed E-state index contributed by atoms with van der Waals surface area (Å²) < 4.78 is 5.21. The Morgan fingerprint density at radius 1 is 1.07 bits per heavy atom. The van der Waals surface area contributed by atoms with Crippen LogP contribution >= 0.6 is 0 Å². The van der Waals surface area contributed by atoms with Gasteiger partial charge in [0.1, 0.15) is 0 Å². The average molecular weight is 196 g/mol. The third-order valence-corrected chi connectivity index (χ3v) is 1.82.